The fraction of sp³-hybridized carbons (Fsp3) is 0.300. The van der Waals surface area contributed by atoms with Crippen LogP contribution in [0.2, 0.25) is 0 Å². The highest BCUT2D eigenvalue weighted by atomic mass is 16.1. The molecule has 2 nitrogen and oxygen atoms in total. The van der Waals surface area contributed by atoms with E-state index in [9.17, 15) is 4.79 Å². The first-order valence-corrected chi connectivity index (χ1v) is 8.01. The number of carbonyl (C=O) groups excluding carboxylic acids is 1. The van der Waals surface area contributed by atoms with Crippen molar-refractivity contribution in [1.29, 1.82) is 0 Å². The van der Waals surface area contributed by atoms with Crippen molar-refractivity contribution in [3.63, 3.8) is 0 Å². The molecule has 0 radical (unpaired) electrons. The number of carbonyl (C=O) groups is 1. The Morgan fingerprint density at radius 3 is 2.27 bits per heavy atom. The summed E-state index contributed by atoms with van der Waals surface area (Å²) in [4.78, 5) is 16.7. The first-order chi connectivity index (χ1) is 10.8. The monoisotopic (exact) mass is 293 g/mol. The summed E-state index contributed by atoms with van der Waals surface area (Å²) in [7, 11) is 0. The van der Waals surface area contributed by atoms with Crippen molar-refractivity contribution in [2.45, 2.75) is 32.6 Å². The van der Waals surface area contributed by atoms with Gasteiger partial charge in [0.25, 0.3) is 0 Å². The van der Waals surface area contributed by atoms with Gasteiger partial charge in [0.1, 0.15) is 0 Å². The molecular weight excluding hydrogens is 270 g/mol. The third-order valence-corrected chi connectivity index (χ3v) is 3.59. The minimum atomic E-state index is 0.0589. The normalized spacial score (nSPS) is 11.0. The molecule has 0 aromatic heterocycles. The number of ketones is 1. The summed E-state index contributed by atoms with van der Waals surface area (Å²) in [5.74, 6) is 0.0589. The van der Waals surface area contributed by atoms with Gasteiger partial charge in [0, 0.05) is 23.9 Å². The van der Waals surface area contributed by atoms with E-state index in [1.807, 2.05) is 60.8 Å². The van der Waals surface area contributed by atoms with Crippen LogP contribution < -0.4 is 0 Å². The van der Waals surface area contributed by atoms with Crippen molar-refractivity contribution in [2.75, 3.05) is 6.54 Å². The number of rotatable bonds is 8. The van der Waals surface area contributed by atoms with Crippen molar-refractivity contribution in [2.24, 2.45) is 4.99 Å². The van der Waals surface area contributed by atoms with E-state index in [1.165, 1.54) is 19.3 Å². The Labute approximate surface area is 132 Å². The maximum atomic E-state index is 12.3. The van der Waals surface area contributed by atoms with Gasteiger partial charge in [-0.25, -0.2) is 0 Å². The van der Waals surface area contributed by atoms with Gasteiger partial charge in [-0.1, -0.05) is 80.8 Å². The number of aliphatic imine (C=N–C) groups is 1. The Morgan fingerprint density at radius 2 is 1.59 bits per heavy atom. The van der Waals surface area contributed by atoms with E-state index in [-0.39, 0.29) is 5.78 Å². The third-order valence-electron chi connectivity index (χ3n) is 3.59. The maximum Gasteiger partial charge on any atom is 0.193 e. The zero-order valence-electron chi connectivity index (χ0n) is 13.2. The van der Waals surface area contributed by atoms with Gasteiger partial charge in [-0.2, -0.15) is 0 Å². The molecule has 0 N–H and O–H groups in total. The van der Waals surface area contributed by atoms with Crippen molar-refractivity contribution in [1.82, 2.24) is 0 Å². The summed E-state index contributed by atoms with van der Waals surface area (Å²) in [6, 6.07) is 17.0. The van der Waals surface area contributed by atoms with Gasteiger partial charge in [-0.05, 0) is 12.0 Å². The summed E-state index contributed by atoms with van der Waals surface area (Å²) in [6.07, 6.45) is 6.82. The van der Waals surface area contributed by atoms with E-state index in [4.69, 9.17) is 0 Å². The molecule has 0 atom stereocenters. The first kappa shape index (κ1) is 16.2. The fourth-order valence-corrected chi connectivity index (χ4v) is 2.28. The maximum absolute atomic E-state index is 12.3. The fourth-order valence-electron chi connectivity index (χ4n) is 2.28. The van der Waals surface area contributed by atoms with E-state index in [0.29, 0.717) is 5.56 Å². The summed E-state index contributed by atoms with van der Waals surface area (Å²) in [5.41, 5.74) is 2.48. The topological polar surface area (TPSA) is 29.4 Å². The molecule has 0 saturated heterocycles. The molecule has 0 aliphatic heterocycles. The Kier molecular flexibility index (Phi) is 6.56. The van der Waals surface area contributed by atoms with Crippen LogP contribution >= 0.6 is 0 Å². The zero-order valence-corrected chi connectivity index (χ0v) is 13.2. The molecule has 0 fully saturated rings. The van der Waals surface area contributed by atoms with Crippen LogP contribution in [0, 0.1) is 0 Å². The average molecular weight is 293 g/mol. The van der Waals surface area contributed by atoms with Gasteiger partial charge >= 0.3 is 0 Å². The Hall–Kier alpha value is -2.22. The second-order valence-electron chi connectivity index (χ2n) is 5.41. The van der Waals surface area contributed by atoms with Crippen LogP contribution in [0.5, 0.6) is 0 Å². The van der Waals surface area contributed by atoms with Crippen LogP contribution in [0.3, 0.4) is 0 Å². The number of hydrogen-bond acceptors (Lipinski definition) is 2. The lowest BCUT2D eigenvalue weighted by molar-refractivity contribution is 0.103. The Morgan fingerprint density at radius 1 is 0.909 bits per heavy atom. The molecule has 2 rings (SSSR count). The minimum Gasteiger partial charge on any atom is -0.293 e. The van der Waals surface area contributed by atoms with E-state index in [0.717, 1.165) is 24.1 Å². The second-order valence-corrected chi connectivity index (χ2v) is 5.41. The highest BCUT2D eigenvalue weighted by Crippen LogP contribution is 2.10. The lowest BCUT2D eigenvalue weighted by Gasteiger charge is -2.01. The molecule has 0 saturated carbocycles. The molecule has 0 heterocycles. The summed E-state index contributed by atoms with van der Waals surface area (Å²) < 4.78 is 0. The molecule has 2 heteroatoms. The second kappa shape index (κ2) is 8.93. The predicted molar refractivity (Wildman–Crippen MR) is 92.9 cm³/mol. The summed E-state index contributed by atoms with van der Waals surface area (Å²) in [6.45, 7) is 3.09. The molecule has 0 aliphatic carbocycles. The molecule has 0 unspecified atom stereocenters. The van der Waals surface area contributed by atoms with Crippen LogP contribution in [-0.4, -0.2) is 18.5 Å². The summed E-state index contributed by atoms with van der Waals surface area (Å²) >= 11 is 0. The van der Waals surface area contributed by atoms with E-state index >= 15 is 0 Å². The van der Waals surface area contributed by atoms with Gasteiger partial charge < -0.3 is 0 Å². The largest absolute Gasteiger partial charge is 0.293 e. The van der Waals surface area contributed by atoms with Gasteiger partial charge in [0.15, 0.2) is 5.78 Å². The van der Waals surface area contributed by atoms with Gasteiger partial charge in [-0.15, -0.1) is 0 Å². The van der Waals surface area contributed by atoms with Crippen molar-refractivity contribution in [3.8, 4) is 0 Å². The van der Waals surface area contributed by atoms with Crippen molar-refractivity contribution >= 4 is 12.0 Å². The highest BCUT2D eigenvalue weighted by Gasteiger charge is 2.07. The smallest absolute Gasteiger partial charge is 0.193 e. The molecule has 2 aromatic carbocycles. The molecule has 0 spiro atoms. The Bertz CT molecular complexity index is 599. The number of benzene rings is 2. The third kappa shape index (κ3) is 4.96. The molecular formula is C20H23NO. The molecule has 0 bridgehead atoms. The Balaban J connectivity index is 1.90. The van der Waals surface area contributed by atoms with Crippen molar-refractivity contribution < 1.29 is 4.79 Å². The lowest BCUT2D eigenvalue weighted by atomic mass is 10.0. The SMILES string of the molecule is CCCCCCN=Cc1ccc(C(=O)c2ccccc2)cc1. The van der Waals surface area contributed by atoms with E-state index < -0.39 is 0 Å². The quantitative estimate of drug-likeness (QED) is 0.386. The molecule has 114 valence electrons. The lowest BCUT2D eigenvalue weighted by Crippen LogP contribution is -2.00. The van der Waals surface area contributed by atoms with E-state index in [2.05, 4.69) is 11.9 Å². The molecule has 2 aromatic rings. The van der Waals surface area contributed by atoms with Crippen LogP contribution in [0.1, 0.15) is 54.1 Å². The van der Waals surface area contributed by atoms with Gasteiger partial charge in [-0.3, -0.25) is 9.79 Å². The first-order valence-electron chi connectivity index (χ1n) is 8.01. The molecule has 0 amide bonds. The predicted octanol–water partition coefficient (Wildman–Crippen LogP) is 4.92. The standard InChI is InChI=1S/C20H23NO/c1-2-3-4-8-15-21-16-17-11-13-19(14-12-17)20(22)18-9-6-5-7-10-18/h5-7,9-14,16H,2-4,8,15H2,1H3. The number of unbranched alkanes of at least 4 members (excludes halogenated alkanes) is 3. The zero-order chi connectivity index (χ0) is 15.6. The minimum absolute atomic E-state index is 0.0589. The van der Waals surface area contributed by atoms with Gasteiger partial charge in [0.2, 0.25) is 0 Å². The molecule has 0 aliphatic rings. The summed E-state index contributed by atoms with van der Waals surface area (Å²) in [5, 5.41) is 0. The van der Waals surface area contributed by atoms with Crippen LogP contribution in [0.4, 0.5) is 0 Å². The average Bonchev–Trinajstić information content (AvgIpc) is 2.59. The van der Waals surface area contributed by atoms with Crippen LogP contribution in [0.25, 0.3) is 0 Å². The van der Waals surface area contributed by atoms with Crippen LogP contribution in [0.15, 0.2) is 59.6 Å². The molecule has 22 heavy (non-hydrogen) atoms. The van der Waals surface area contributed by atoms with Crippen molar-refractivity contribution in [3.05, 3.63) is 71.3 Å². The number of hydrogen-bond donors (Lipinski definition) is 0. The van der Waals surface area contributed by atoms with E-state index in [1.54, 1.807) is 0 Å². The highest BCUT2D eigenvalue weighted by molar-refractivity contribution is 6.09. The van der Waals surface area contributed by atoms with Crippen LogP contribution in [-0.2, 0) is 0 Å². The van der Waals surface area contributed by atoms with Gasteiger partial charge in [0.05, 0.1) is 0 Å². The number of nitrogens with zero attached hydrogens (tertiary/aromatic N) is 1.